The largest absolute Gasteiger partial charge is 0.383 e. The average Bonchev–Trinajstić information content (AvgIpc) is 2.11. The summed E-state index contributed by atoms with van der Waals surface area (Å²) >= 11 is 0. The van der Waals surface area contributed by atoms with Crippen molar-refractivity contribution in [3.8, 4) is 0 Å². The minimum atomic E-state index is 0.0830. The van der Waals surface area contributed by atoms with Crippen molar-refractivity contribution >= 4 is 0 Å². The quantitative estimate of drug-likeness (QED) is 0.665. The summed E-state index contributed by atoms with van der Waals surface area (Å²) in [7, 11) is 0. The van der Waals surface area contributed by atoms with Crippen molar-refractivity contribution < 1.29 is 0 Å². The Labute approximate surface area is 115 Å². The van der Waals surface area contributed by atoms with Crippen LogP contribution in [0.15, 0.2) is 12.3 Å². The third-order valence-electron chi connectivity index (χ3n) is 2.66. The fraction of sp³-hybridized carbons (Fsp3) is 0.875. The lowest BCUT2D eigenvalue weighted by molar-refractivity contribution is 0.339. The van der Waals surface area contributed by atoms with E-state index in [0.29, 0.717) is 6.04 Å². The molecule has 0 aromatic heterocycles. The molecule has 0 aliphatic carbocycles. The maximum absolute atomic E-state index is 4.23. The van der Waals surface area contributed by atoms with Crippen LogP contribution in [-0.2, 0) is 0 Å². The summed E-state index contributed by atoms with van der Waals surface area (Å²) < 4.78 is 0. The van der Waals surface area contributed by atoms with Crippen LogP contribution in [0.25, 0.3) is 0 Å². The zero-order chi connectivity index (χ0) is 14.4. The van der Waals surface area contributed by atoms with Gasteiger partial charge in [0.1, 0.15) is 0 Å². The van der Waals surface area contributed by atoms with Crippen LogP contribution in [-0.4, -0.2) is 17.1 Å². The first-order valence-electron chi connectivity index (χ1n) is 7.30. The smallest absolute Gasteiger partial charge is 0.0467 e. The number of hydrogen-bond acceptors (Lipinski definition) is 2. The van der Waals surface area contributed by atoms with Crippen molar-refractivity contribution in [1.82, 2.24) is 10.6 Å². The second-order valence-electron chi connectivity index (χ2n) is 7.34. The predicted molar refractivity (Wildman–Crippen MR) is 82.8 cm³/mol. The Kier molecular flexibility index (Phi) is 6.98. The highest BCUT2D eigenvalue weighted by Gasteiger charge is 2.21. The van der Waals surface area contributed by atoms with Gasteiger partial charge in [0.2, 0.25) is 0 Å². The highest BCUT2D eigenvalue weighted by Crippen LogP contribution is 2.15. The molecule has 2 nitrogen and oxygen atoms in total. The third kappa shape index (κ3) is 9.52. The van der Waals surface area contributed by atoms with Crippen molar-refractivity contribution in [2.24, 2.45) is 0 Å². The summed E-state index contributed by atoms with van der Waals surface area (Å²) in [5.74, 6) is 0. The Hall–Kier alpha value is -0.500. The fourth-order valence-corrected chi connectivity index (χ4v) is 2.02. The first-order valence-corrected chi connectivity index (χ1v) is 7.30. The lowest BCUT2D eigenvalue weighted by Crippen LogP contribution is -2.49. The summed E-state index contributed by atoms with van der Waals surface area (Å²) in [6.07, 6.45) is 4.98. The van der Waals surface area contributed by atoms with Gasteiger partial charge in [0.25, 0.3) is 0 Å². The zero-order valence-electron chi connectivity index (χ0n) is 13.6. The molecule has 0 fully saturated rings. The second-order valence-corrected chi connectivity index (χ2v) is 7.34. The van der Waals surface area contributed by atoms with E-state index in [9.17, 15) is 0 Å². The SMILES string of the molecule is C=C(NC(C)(C)C)[C@H](CCCCC)NC(C)(C)C. The molecule has 2 N–H and O–H groups in total. The zero-order valence-corrected chi connectivity index (χ0v) is 13.6. The van der Waals surface area contributed by atoms with Crippen LogP contribution in [0.4, 0.5) is 0 Å². The maximum atomic E-state index is 4.23. The van der Waals surface area contributed by atoms with E-state index < -0.39 is 0 Å². The van der Waals surface area contributed by atoms with Gasteiger partial charge >= 0.3 is 0 Å². The standard InChI is InChI=1S/C16H34N2/c1-9-10-11-12-14(18-16(6,7)8)13(2)17-15(3,4)5/h14,17-18H,2,9-12H2,1,3-8H3/t14-/m0/s1. The van der Waals surface area contributed by atoms with Gasteiger partial charge in [0, 0.05) is 22.8 Å². The average molecular weight is 254 g/mol. The molecule has 0 rings (SSSR count). The van der Waals surface area contributed by atoms with E-state index in [-0.39, 0.29) is 11.1 Å². The van der Waals surface area contributed by atoms with E-state index in [1.807, 2.05) is 0 Å². The van der Waals surface area contributed by atoms with Crippen LogP contribution in [0.3, 0.4) is 0 Å². The highest BCUT2D eigenvalue weighted by atomic mass is 15.1. The molecule has 0 aliphatic heterocycles. The second kappa shape index (κ2) is 7.18. The number of nitrogens with one attached hydrogen (secondary N) is 2. The highest BCUT2D eigenvalue weighted by molar-refractivity contribution is 5.07. The van der Waals surface area contributed by atoms with Crippen LogP contribution >= 0.6 is 0 Å². The van der Waals surface area contributed by atoms with E-state index in [4.69, 9.17) is 0 Å². The van der Waals surface area contributed by atoms with Crippen molar-refractivity contribution in [3.63, 3.8) is 0 Å². The molecule has 0 bridgehead atoms. The number of rotatable bonds is 7. The predicted octanol–water partition coefficient (Wildman–Crippen LogP) is 4.23. The Morgan fingerprint density at radius 3 is 1.94 bits per heavy atom. The van der Waals surface area contributed by atoms with Gasteiger partial charge in [-0.25, -0.2) is 0 Å². The fourth-order valence-electron chi connectivity index (χ4n) is 2.02. The molecule has 0 saturated heterocycles. The van der Waals surface area contributed by atoms with Gasteiger partial charge in [-0.1, -0.05) is 32.8 Å². The Morgan fingerprint density at radius 1 is 1.00 bits per heavy atom. The summed E-state index contributed by atoms with van der Waals surface area (Å²) in [5, 5.41) is 7.19. The van der Waals surface area contributed by atoms with E-state index >= 15 is 0 Å². The molecule has 1 atom stereocenters. The van der Waals surface area contributed by atoms with Crippen LogP contribution in [0.5, 0.6) is 0 Å². The van der Waals surface area contributed by atoms with E-state index in [2.05, 4.69) is 65.7 Å². The lowest BCUT2D eigenvalue weighted by atomic mass is 9.99. The maximum Gasteiger partial charge on any atom is 0.0467 e. The van der Waals surface area contributed by atoms with Crippen LogP contribution < -0.4 is 10.6 Å². The summed E-state index contributed by atoms with van der Waals surface area (Å²) in [4.78, 5) is 0. The molecule has 0 heterocycles. The molecule has 0 radical (unpaired) electrons. The van der Waals surface area contributed by atoms with Crippen LogP contribution in [0, 0.1) is 0 Å². The van der Waals surface area contributed by atoms with Crippen molar-refractivity contribution in [1.29, 1.82) is 0 Å². The normalized spacial score (nSPS) is 14.4. The van der Waals surface area contributed by atoms with Gasteiger partial charge in [0.05, 0.1) is 0 Å². The van der Waals surface area contributed by atoms with Gasteiger partial charge in [0.15, 0.2) is 0 Å². The molecule has 108 valence electrons. The Balaban J connectivity index is 4.49. The van der Waals surface area contributed by atoms with Crippen molar-refractivity contribution in [3.05, 3.63) is 12.3 Å². The first kappa shape index (κ1) is 17.5. The van der Waals surface area contributed by atoms with Gasteiger partial charge in [-0.3, -0.25) is 0 Å². The monoisotopic (exact) mass is 254 g/mol. The van der Waals surface area contributed by atoms with Gasteiger partial charge in [-0.2, -0.15) is 0 Å². The van der Waals surface area contributed by atoms with Gasteiger partial charge in [-0.15, -0.1) is 0 Å². The molecular weight excluding hydrogens is 220 g/mol. The van der Waals surface area contributed by atoms with Crippen LogP contribution in [0.1, 0.15) is 74.1 Å². The van der Waals surface area contributed by atoms with Crippen molar-refractivity contribution in [2.45, 2.75) is 91.3 Å². The molecule has 0 unspecified atom stereocenters. The molecular formula is C16H34N2. The summed E-state index contributed by atoms with van der Waals surface area (Å²) in [6, 6.07) is 0.357. The molecule has 0 aromatic carbocycles. The van der Waals surface area contributed by atoms with Crippen LogP contribution in [0.2, 0.25) is 0 Å². The summed E-state index contributed by atoms with van der Waals surface area (Å²) in [6.45, 7) is 19.6. The lowest BCUT2D eigenvalue weighted by Gasteiger charge is -2.34. The van der Waals surface area contributed by atoms with Crippen molar-refractivity contribution in [2.75, 3.05) is 0 Å². The van der Waals surface area contributed by atoms with Gasteiger partial charge < -0.3 is 10.6 Å². The number of hydrogen-bond donors (Lipinski definition) is 2. The molecule has 0 spiro atoms. The Bertz CT molecular complexity index is 243. The topological polar surface area (TPSA) is 24.1 Å². The molecule has 0 amide bonds. The first-order chi connectivity index (χ1) is 8.05. The number of unbranched alkanes of at least 4 members (excludes halogenated alkanes) is 2. The molecule has 0 aromatic rings. The van der Waals surface area contributed by atoms with E-state index in [1.54, 1.807) is 0 Å². The van der Waals surface area contributed by atoms with E-state index in [1.165, 1.54) is 19.3 Å². The molecule has 18 heavy (non-hydrogen) atoms. The minimum absolute atomic E-state index is 0.0830. The molecule has 2 heteroatoms. The Morgan fingerprint density at radius 2 is 1.56 bits per heavy atom. The molecule has 0 saturated carbocycles. The minimum Gasteiger partial charge on any atom is -0.383 e. The summed E-state index contributed by atoms with van der Waals surface area (Å²) in [5.41, 5.74) is 1.33. The molecule has 0 aliphatic rings. The van der Waals surface area contributed by atoms with Gasteiger partial charge in [-0.05, 0) is 48.0 Å². The van der Waals surface area contributed by atoms with E-state index in [0.717, 1.165) is 12.1 Å². The third-order valence-corrected chi connectivity index (χ3v) is 2.66.